The smallest absolute Gasteiger partial charge is 0.243 e. The number of fused-ring (bicyclic) bond motifs is 1. The van der Waals surface area contributed by atoms with E-state index in [0.717, 1.165) is 23.9 Å². The third-order valence-corrected chi connectivity index (χ3v) is 5.13. The van der Waals surface area contributed by atoms with Gasteiger partial charge >= 0.3 is 0 Å². The van der Waals surface area contributed by atoms with E-state index in [0.29, 0.717) is 18.9 Å². The molecule has 1 aromatic carbocycles. The van der Waals surface area contributed by atoms with Crippen LogP contribution in [0.4, 0.5) is 0 Å². The number of nitrogens with one attached hydrogen (secondary N) is 1. The lowest BCUT2D eigenvalue weighted by Gasteiger charge is -2.22. The van der Waals surface area contributed by atoms with Crippen LogP contribution in [-0.4, -0.2) is 39.4 Å². The van der Waals surface area contributed by atoms with Gasteiger partial charge in [-0.2, -0.15) is 0 Å². The average Bonchev–Trinajstić information content (AvgIpc) is 3.07. The molecule has 1 aromatic heterocycles. The molecule has 1 unspecified atom stereocenters. The highest BCUT2D eigenvalue weighted by molar-refractivity contribution is 5.82. The van der Waals surface area contributed by atoms with Crippen molar-refractivity contribution in [2.45, 2.75) is 46.2 Å². The monoisotopic (exact) mass is 396 g/mol. The zero-order valence-corrected chi connectivity index (χ0v) is 17.7. The molecule has 0 aliphatic carbocycles. The second kappa shape index (κ2) is 10.6. The van der Waals surface area contributed by atoms with Crippen LogP contribution in [0.2, 0.25) is 0 Å². The topological polar surface area (TPSA) is 67.2 Å². The van der Waals surface area contributed by atoms with Crippen molar-refractivity contribution in [1.29, 1.82) is 0 Å². The number of hydrogen-bond acceptors (Lipinski definition) is 3. The Kier molecular flexibility index (Phi) is 8.19. The van der Waals surface area contributed by atoms with E-state index in [4.69, 9.17) is 4.98 Å². The van der Waals surface area contributed by atoms with Crippen molar-refractivity contribution in [2.75, 3.05) is 13.1 Å². The van der Waals surface area contributed by atoms with Crippen molar-refractivity contribution in [3.8, 4) is 0 Å². The van der Waals surface area contributed by atoms with Gasteiger partial charge < -0.3 is 14.8 Å². The first-order valence-electron chi connectivity index (χ1n) is 10.2. The molecule has 29 heavy (non-hydrogen) atoms. The highest BCUT2D eigenvalue weighted by Crippen LogP contribution is 2.22. The number of carbonyl (C=O) groups excluding carboxylic acids is 2. The summed E-state index contributed by atoms with van der Waals surface area (Å²) in [7, 11) is 0. The van der Waals surface area contributed by atoms with Gasteiger partial charge in [-0.15, -0.1) is 13.2 Å². The summed E-state index contributed by atoms with van der Waals surface area (Å²) in [5.74, 6) is 0.628. The number of aromatic nitrogens is 2. The molecule has 2 rings (SSSR count). The molecule has 0 bridgehead atoms. The fourth-order valence-corrected chi connectivity index (χ4v) is 3.47. The minimum atomic E-state index is -0.310. The molecule has 1 N–H and O–H groups in total. The quantitative estimate of drug-likeness (QED) is 0.587. The zero-order chi connectivity index (χ0) is 21.4. The molecule has 0 saturated heterocycles. The molecular weight excluding hydrogens is 364 g/mol. The van der Waals surface area contributed by atoms with Gasteiger partial charge in [0, 0.05) is 19.0 Å². The SMILES string of the molecule is C=CCN(CC=C)C(=O)Cn1c(C(C)NC(=O)C(CC)CC)nc2ccccc21. The molecule has 0 saturated carbocycles. The average molecular weight is 397 g/mol. The maximum absolute atomic E-state index is 12.9. The van der Waals surface area contributed by atoms with Crippen molar-refractivity contribution in [1.82, 2.24) is 19.8 Å². The number of rotatable bonds is 11. The van der Waals surface area contributed by atoms with Crippen molar-refractivity contribution in [3.63, 3.8) is 0 Å². The number of benzene rings is 1. The van der Waals surface area contributed by atoms with Crippen LogP contribution in [0.5, 0.6) is 0 Å². The van der Waals surface area contributed by atoms with Crippen molar-refractivity contribution >= 4 is 22.8 Å². The molecular formula is C23H32N4O2. The lowest BCUT2D eigenvalue weighted by atomic mass is 10.0. The first-order valence-corrected chi connectivity index (χ1v) is 10.2. The van der Waals surface area contributed by atoms with Gasteiger partial charge in [-0.1, -0.05) is 38.1 Å². The lowest BCUT2D eigenvalue weighted by molar-refractivity contribution is -0.130. The van der Waals surface area contributed by atoms with Crippen LogP contribution in [0.25, 0.3) is 11.0 Å². The molecule has 6 heteroatoms. The van der Waals surface area contributed by atoms with E-state index in [1.807, 2.05) is 49.6 Å². The fourth-order valence-electron chi connectivity index (χ4n) is 3.47. The Morgan fingerprint density at radius 1 is 1.17 bits per heavy atom. The number of amides is 2. The fraction of sp³-hybridized carbons (Fsp3) is 0.435. The van der Waals surface area contributed by atoms with Crippen LogP contribution >= 0.6 is 0 Å². The van der Waals surface area contributed by atoms with Crippen molar-refractivity contribution < 1.29 is 9.59 Å². The predicted molar refractivity (Wildman–Crippen MR) is 117 cm³/mol. The van der Waals surface area contributed by atoms with Gasteiger partial charge in [0.2, 0.25) is 11.8 Å². The summed E-state index contributed by atoms with van der Waals surface area (Å²) in [6, 6.07) is 7.39. The van der Waals surface area contributed by atoms with E-state index in [1.54, 1.807) is 17.1 Å². The molecule has 2 amide bonds. The molecule has 0 radical (unpaired) electrons. The Bertz CT molecular complexity index is 857. The van der Waals surface area contributed by atoms with E-state index in [-0.39, 0.29) is 30.3 Å². The second-order valence-electron chi connectivity index (χ2n) is 7.16. The summed E-state index contributed by atoms with van der Waals surface area (Å²) in [6.07, 6.45) is 4.99. The van der Waals surface area contributed by atoms with E-state index in [1.165, 1.54) is 0 Å². The number of para-hydroxylation sites is 2. The van der Waals surface area contributed by atoms with Gasteiger partial charge in [0.15, 0.2) is 0 Å². The molecule has 156 valence electrons. The standard InChI is InChI=1S/C23H32N4O2/c1-6-14-26(15-7-2)21(28)16-27-20-13-11-10-12-19(20)25-22(27)17(5)24-23(29)18(8-3)9-4/h6-7,10-13,17-18H,1-2,8-9,14-16H2,3-5H3,(H,24,29). The highest BCUT2D eigenvalue weighted by Gasteiger charge is 2.23. The molecule has 1 heterocycles. The van der Waals surface area contributed by atoms with Gasteiger partial charge in [-0.05, 0) is 31.9 Å². The van der Waals surface area contributed by atoms with Crippen LogP contribution in [0.1, 0.15) is 45.5 Å². The second-order valence-corrected chi connectivity index (χ2v) is 7.16. The summed E-state index contributed by atoms with van der Waals surface area (Å²) < 4.78 is 1.90. The summed E-state index contributed by atoms with van der Waals surface area (Å²) in [5.41, 5.74) is 1.68. The van der Waals surface area contributed by atoms with Crippen LogP contribution in [0.3, 0.4) is 0 Å². The highest BCUT2D eigenvalue weighted by atomic mass is 16.2. The van der Waals surface area contributed by atoms with Crippen LogP contribution in [0.15, 0.2) is 49.6 Å². The van der Waals surface area contributed by atoms with E-state index >= 15 is 0 Å². The zero-order valence-electron chi connectivity index (χ0n) is 17.7. The Hall–Kier alpha value is -2.89. The minimum Gasteiger partial charge on any atom is -0.346 e. The summed E-state index contributed by atoms with van der Waals surface area (Å²) in [5, 5.41) is 3.07. The molecule has 0 aliphatic rings. The molecule has 0 spiro atoms. The van der Waals surface area contributed by atoms with Gasteiger partial charge in [0.25, 0.3) is 0 Å². The molecule has 1 atom stereocenters. The third-order valence-electron chi connectivity index (χ3n) is 5.13. The maximum atomic E-state index is 12.9. The Labute approximate surface area is 173 Å². The van der Waals surface area contributed by atoms with Gasteiger partial charge in [-0.3, -0.25) is 9.59 Å². The van der Waals surface area contributed by atoms with Crippen LogP contribution in [-0.2, 0) is 16.1 Å². The molecule has 0 fully saturated rings. The Morgan fingerprint density at radius 3 is 2.38 bits per heavy atom. The van der Waals surface area contributed by atoms with Crippen LogP contribution in [0, 0.1) is 5.92 Å². The van der Waals surface area contributed by atoms with Gasteiger partial charge in [0.1, 0.15) is 12.4 Å². The molecule has 6 nitrogen and oxygen atoms in total. The van der Waals surface area contributed by atoms with Gasteiger partial charge in [0.05, 0.1) is 17.1 Å². The van der Waals surface area contributed by atoms with E-state index in [2.05, 4.69) is 18.5 Å². The third kappa shape index (κ3) is 5.34. The number of carbonyl (C=O) groups is 2. The van der Waals surface area contributed by atoms with Crippen molar-refractivity contribution in [3.05, 3.63) is 55.4 Å². The van der Waals surface area contributed by atoms with Gasteiger partial charge in [-0.25, -0.2) is 4.98 Å². The normalized spacial score (nSPS) is 12.0. The lowest BCUT2D eigenvalue weighted by Crippen LogP contribution is -2.36. The predicted octanol–water partition coefficient (Wildman–Crippen LogP) is 3.85. The Balaban J connectivity index is 2.35. The van der Waals surface area contributed by atoms with E-state index in [9.17, 15) is 9.59 Å². The van der Waals surface area contributed by atoms with Crippen molar-refractivity contribution in [2.24, 2.45) is 5.92 Å². The maximum Gasteiger partial charge on any atom is 0.243 e. The number of hydrogen-bond donors (Lipinski definition) is 1. The molecule has 2 aromatic rings. The largest absolute Gasteiger partial charge is 0.346 e. The summed E-state index contributed by atoms with van der Waals surface area (Å²) in [6.45, 7) is 14.4. The van der Waals surface area contributed by atoms with E-state index < -0.39 is 0 Å². The summed E-state index contributed by atoms with van der Waals surface area (Å²) in [4.78, 5) is 31.9. The Morgan fingerprint density at radius 2 is 1.79 bits per heavy atom. The number of imidazole rings is 1. The molecule has 0 aliphatic heterocycles. The summed E-state index contributed by atoms with van der Waals surface area (Å²) >= 11 is 0. The number of nitrogens with zero attached hydrogens (tertiary/aromatic N) is 3. The minimum absolute atomic E-state index is 0.0207. The first kappa shape index (κ1) is 22.4. The van der Waals surface area contributed by atoms with Crippen LogP contribution < -0.4 is 5.32 Å². The first-order chi connectivity index (χ1) is 14.0.